The van der Waals surface area contributed by atoms with Gasteiger partial charge in [-0.1, -0.05) is 0 Å². The molecule has 6 heteroatoms. The van der Waals surface area contributed by atoms with Crippen LogP contribution in [0.5, 0.6) is 0 Å². The number of aromatic nitrogens is 2. The molecule has 0 unspecified atom stereocenters. The van der Waals surface area contributed by atoms with Crippen molar-refractivity contribution >= 4 is 11.7 Å². The smallest absolute Gasteiger partial charge is 0.289 e. The quantitative estimate of drug-likeness (QED) is 0.503. The van der Waals surface area contributed by atoms with E-state index in [0.717, 1.165) is 6.08 Å². The number of amides is 1. The van der Waals surface area contributed by atoms with Gasteiger partial charge >= 0.3 is 0 Å². The molecule has 1 heterocycles. The molecular weight excluding hydrogens is 208 g/mol. The first-order valence-corrected chi connectivity index (χ1v) is 4.65. The first-order chi connectivity index (χ1) is 7.59. The Morgan fingerprint density at radius 1 is 1.25 bits per heavy atom. The summed E-state index contributed by atoms with van der Waals surface area (Å²) in [4.78, 5) is 29.3. The molecule has 0 saturated carbocycles. The zero-order valence-electron chi connectivity index (χ0n) is 8.59. The second-order valence-electron chi connectivity index (χ2n) is 3.11. The molecule has 0 bridgehead atoms. The van der Waals surface area contributed by atoms with Gasteiger partial charge in [0, 0.05) is 30.6 Å². The van der Waals surface area contributed by atoms with Crippen molar-refractivity contribution in [1.29, 1.82) is 0 Å². The Balaban J connectivity index is 2.50. The zero-order chi connectivity index (χ0) is 12.0. The van der Waals surface area contributed by atoms with Crippen LogP contribution >= 0.6 is 0 Å². The number of hydrogen-bond acceptors (Lipinski definition) is 5. The van der Waals surface area contributed by atoms with Gasteiger partial charge in [-0.3, -0.25) is 9.59 Å². The van der Waals surface area contributed by atoms with Gasteiger partial charge in [0.15, 0.2) is 0 Å². The Morgan fingerprint density at radius 3 is 2.44 bits per heavy atom. The number of primary amides is 1. The van der Waals surface area contributed by atoms with Gasteiger partial charge in [0.25, 0.3) is 5.91 Å². The third kappa shape index (κ3) is 3.87. The van der Waals surface area contributed by atoms with E-state index >= 15 is 0 Å². The van der Waals surface area contributed by atoms with Crippen LogP contribution in [0.15, 0.2) is 30.2 Å². The SMILES string of the molecule is NC(=O)C(=O)/C=C(\N)CCc1ncccn1. The maximum Gasteiger partial charge on any atom is 0.289 e. The van der Waals surface area contributed by atoms with Crippen LogP contribution in [0.2, 0.25) is 0 Å². The van der Waals surface area contributed by atoms with Crippen molar-refractivity contribution in [3.63, 3.8) is 0 Å². The molecule has 0 aliphatic heterocycles. The van der Waals surface area contributed by atoms with Crippen LogP contribution in [0.3, 0.4) is 0 Å². The van der Waals surface area contributed by atoms with E-state index in [1.807, 2.05) is 0 Å². The average Bonchev–Trinajstić information content (AvgIpc) is 2.27. The molecule has 1 amide bonds. The molecule has 1 aromatic rings. The average molecular weight is 220 g/mol. The van der Waals surface area contributed by atoms with Crippen LogP contribution in [-0.2, 0) is 16.0 Å². The minimum atomic E-state index is -1.01. The van der Waals surface area contributed by atoms with Crippen molar-refractivity contribution in [2.24, 2.45) is 11.5 Å². The van der Waals surface area contributed by atoms with E-state index in [0.29, 0.717) is 18.7 Å². The molecule has 4 N–H and O–H groups in total. The molecule has 0 aliphatic rings. The predicted octanol–water partition coefficient (Wildman–Crippen LogP) is -0.694. The third-order valence-corrected chi connectivity index (χ3v) is 1.82. The number of carbonyl (C=O) groups is 2. The molecule has 0 aliphatic carbocycles. The Hall–Kier alpha value is -2.24. The number of hydrogen-bond donors (Lipinski definition) is 2. The highest BCUT2D eigenvalue weighted by molar-refractivity contribution is 6.40. The fourth-order valence-electron chi connectivity index (χ4n) is 1.03. The molecule has 0 fully saturated rings. The summed E-state index contributed by atoms with van der Waals surface area (Å²) in [6, 6.07) is 1.71. The Bertz CT molecular complexity index is 414. The highest BCUT2D eigenvalue weighted by Gasteiger charge is 2.06. The minimum absolute atomic E-state index is 0.288. The second-order valence-corrected chi connectivity index (χ2v) is 3.11. The van der Waals surface area contributed by atoms with Crippen LogP contribution in [0.1, 0.15) is 12.2 Å². The summed E-state index contributed by atoms with van der Waals surface area (Å²) in [7, 11) is 0. The van der Waals surface area contributed by atoms with Gasteiger partial charge in [-0.05, 0) is 12.5 Å². The largest absolute Gasteiger partial charge is 0.402 e. The molecule has 0 atom stereocenters. The molecule has 1 aromatic heterocycles. The lowest BCUT2D eigenvalue weighted by Crippen LogP contribution is -2.22. The van der Waals surface area contributed by atoms with Crippen molar-refractivity contribution in [3.05, 3.63) is 36.1 Å². The number of aryl methyl sites for hydroxylation is 1. The van der Waals surface area contributed by atoms with E-state index in [4.69, 9.17) is 11.5 Å². The molecule has 1 rings (SSSR count). The van der Waals surface area contributed by atoms with Crippen molar-refractivity contribution in [3.8, 4) is 0 Å². The monoisotopic (exact) mass is 220 g/mol. The molecule has 0 radical (unpaired) electrons. The van der Waals surface area contributed by atoms with E-state index in [9.17, 15) is 9.59 Å². The predicted molar refractivity (Wildman–Crippen MR) is 56.8 cm³/mol. The minimum Gasteiger partial charge on any atom is -0.402 e. The maximum atomic E-state index is 10.9. The summed E-state index contributed by atoms with van der Waals surface area (Å²) in [5.74, 6) is -1.18. The van der Waals surface area contributed by atoms with Crippen LogP contribution in [-0.4, -0.2) is 21.7 Å². The van der Waals surface area contributed by atoms with Crippen LogP contribution < -0.4 is 11.5 Å². The van der Waals surface area contributed by atoms with Crippen molar-refractivity contribution in [2.45, 2.75) is 12.8 Å². The number of nitrogens with zero attached hydrogens (tertiary/aromatic N) is 2. The van der Waals surface area contributed by atoms with Gasteiger partial charge in [-0.2, -0.15) is 0 Å². The lowest BCUT2D eigenvalue weighted by Gasteiger charge is -1.99. The van der Waals surface area contributed by atoms with E-state index in [-0.39, 0.29) is 5.70 Å². The first kappa shape index (κ1) is 11.8. The van der Waals surface area contributed by atoms with Gasteiger partial charge in [0.1, 0.15) is 5.82 Å². The standard InChI is InChI=1S/C10H12N4O2/c11-7(6-8(15)10(12)16)2-3-9-13-4-1-5-14-9/h1,4-6H,2-3,11H2,(H2,12,16)/b7-6-. The molecule has 0 saturated heterocycles. The van der Waals surface area contributed by atoms with Gasteiger partial charge in [-0.25, -0.2) is 9.97 Å². The zero-order valence-corrected chi connectivity index (χ0v) is 8.59. The van der Waals surface area contributed by atoms with Gasteiger partial charge in [0.2, 0.25) is 5.78 Å². The van der Waals surface area contributed by atoms with Gasteiger partial charge in [-0.15, -0.1) is 0 Å². The second kappa shape index (κ2) is 5.59. The maximum absolute atomic E-state index is 10.9. The normalized spacial score (nSPS) is 11.1. The van der Waals surface area contributed by atoms with E-state index in [2.05, 4.69) is 9.97 Å². The summed E-state index contributed by atoms with van der Waals surface area (Å²) < 4.78 is 0. The number of allylic oxidation sites excluding steroid dienone is 1. The third-order valence-electron chi connectivity index (χ3n) is 1.82. The van der Waals surface area contributed by atoms with Crippen molar-refractivity contribution < 1.29 is 9.59 Å². The number of nitrogens with two attached hydrogens (primary N) is 2. The van der Waals surface area contributed by atoms with Gasteiger partial charge < -0.3 is 11.5 Å². The Kier molecular flexibility index (Phi) is 4.14. The van der Waals surface area contributed by atoms with E-state index in [1.165, 1.54) is 0 Å². The summed E-state index contributed by atoms with van der Waals surface area (Å²) >= 11 is 0. The van der Waals surface area contributed by atoms with E-state index in [1.54, 1.807) is 18.5 Å². The first-order valence-electron chi connectivity index (χ1n) is 4.65. The molecule has 84 valence electrons. The number of carbonyl (C=O) groups excluding carboxylic acids is 2. The molecular formula is C10H12N4O2. The molecule has 0 aromatic carbocycles. The fourth-order valence-corrected chi connectivity index (χ4v) is 1.03. The molecule has 16 heavy (non-hydrogen) atoms. The number of rotatable bonds is 5. The van der Waals surface area contributed by atoms with Crippen molar-refractivity contribution in [1.82, 2.24) is 9.97 Å². The Morgan fingerprint density at radius 2 is 1.88 bits per heavy atom. The van der Waals surface area contributed by atoms with Gasteiger partial charge in [0.05, 0.1) is 0 Å². The van der Waals surface area contributed by atoms with Crippen LogP contribution in [0, 0.1) is 0 Å². The number of ketones is 1. The molecule has 6 nitrogen and oxygen atoms in total. The van der Waals surface area contributed by atoms with Crippen LogP contribution in [0.25, 0.3) is 0 Å². The summed E-state index contributed by atoms with van der Waals surface area (Å²) in [5, 5.41) is 0. The summed E-state index contributed by atoms with van der Waals surface area (Å²) in [6.45, 7) is 0. The topological polar surface area (TPSA) is 112 Å². The Labute approximate surface area is 92.4 Å². The summed E-state index contributed by atoms with van der Waals surface area (Å²) in [5.41, 5.74) is 10.6. The lowest BCUT2D eigenvalue weighted by atomic mass is 10.2. The van der Waals surface area contributed by atoms with Crippen LogP contribution in [0.4, 0.5) is 0 Å². The summed E-state index contributed by atoms with van der Waals surface area (Å²) in [6.07, 6.45) is 5.19. The van der Waals surface area contributed by atoms with E-state index < -0.39 is 11.7 Å². The van der Waals surface area contributed by atoms with Crippen molar-refractivity contribution in [2.75, 3.05) is 0 Å². The lowest BCUT2D eigenvalue weighted by molar-refractivity contribution is -0.133. The highest BCUT2D eigenvalue weighted by Crippen LogP contribution is 2.00. The fraction of sp³-hybridized carbons (Fsp3) is 0.200. The molecule has 0 spiro atoms. The highest BCUT2D eigenvalue weighted by atomic mass is 16.2.